The van der Waals surface area contributed by atoms with Crippen LogP contribution in [0.4, 0.5) is 4.79 Å². The highest BCUT2D eigenvalue weighted by Gasteiger charge is 2.30. The molecular formula is C11H18N4O2. The minimum Gasteiger partial charge on any atom is -0.444 e. The summed E-state index contributed by atoms with van der Waals surface area (Å²) in [5, 5.41) is 7.55. The fourth-order valence-electron chi connectivity index (χ4n) is 1.87. The summed E-state index contributed by atoms with van der Waals surface area (Å²) in [6, 6.07) is 0.262. The van der Waals surface area contributed by atoms with Gasteiger partial charge < -0.3 is 14.2 Å². The molecule has 0 spiro atoms. The van der Waals surface area contributed by atoms with E-state index >= 15 is 0 Å². The highest BCUT2D eigenvalue weighted by Crippen LogP contribution is 2.22. The Balaban J connectivity index is 1.92. The molecule has 1 aliphatic heterocycles. The van der Waals surface area contributed by atoms with Gasteiger partial charge in [-0.15, -0.1) is 10.2 Å². The number of rotatable bonds is 1. The lowest BCUT2D eigenvalue weighted by Crippen LogP contribution is -2.35. The number of ether oxygens (including phenoxy) is 1. The van der Waals surface area contributed by atoms with E-state index in [2.05, 4.69) is 10.2 Å². The first-order chi connectivity index (χ1) is 7.96. The SMILES string of the molecule is CC(C)(C)OC(=O)N1CCC(n2cnnc2)C1. The number of hydrogen-bond donors (Lipinski definition) is 0. The number of carbonyl (C=O) groups excluding carboxylic acids is 1. The molecule has 0 N–H and O–H groups in total. The van der Waals surface area contributed by atoms with Crippen molar-refractivity contribution >= 4 is 6.09 Å². The van der Waals surface area contributed by atoms with Crippen molar-refractivity contribution in [2.24, 2.45) is 0 Å². The molecule has 0 bridgehead atoms. The van der Waals surface area contributed by atoms with Crippen molar-refractivity contribution in [3.05, 3.63) is 12.7 Å². The molecule has 1 amide bonds. The summed E-state index contributed by atoms with van der Waals surface area (Å²) in [7, 11) is 0. The van der Waals surface area contributed by atoms with Gasteiger partial charge in [0.15, 0.2) is 0 Å². The Kier molecular flexibility index (Phi) is 3.04. The maximum absolute atomic E-state index is 11.8. The van der Waals surface area contributed by atoms with Gasteiger partial charge in [-0.25, -0.2) is 4.79 Å². The van der Waals surface area contributed by atoms with Gasteiger partial charge in [0.1, 0.15) is 18.3 Å². The van der Waals surface area contributed by atoms with Gasteiger partial charge in [0, 0.05) is 13.1 Å². The third-order valence-electron chi connectivity index (χ3n) is 2.67. The number of amides is 1. The molecule has 0 radical (unpaired) electrons. The van der Waals surface area contributed by atoms with Crippen LogP contribution in [-0.2, 0) is 4.74 Å². The smallest absolute Gasteiger partial charge is 0.410 e. The van der Waals surface area contributed by atoms with Gasteiger partial charge in [0.25, 0.3) is 0 Å². The molecule has 1 unspecified atom stereocenters. The molecule has 2 rings (SSSR count). The topological polar surface area (TPSA) is 60.2 Å². The lowest BCUT2D eigenvalue weighted by molar-refractivity contribution is 0.0289. The van der Waals surface area contributed by atoms with E-state index in [1.54, 1.807) is 17.6 Å². The van der Waals surface area contributed by atoms with Gasteiger partial charge in [-0.05, 0) is 27.2 Å². The molecule has 17 heavy (non-hydrogen) atoms. The minimum absolute atomic E-state index is 0.243. The number of hydrogen-bond acceptors (Lipinski definition) is 4. The van der Waals surface area contributed by atoms with E-state index in [1.165, 1.54) is 0 Å². The molecule has 0 aliphatic carbocycles. The largest absolute Gasteiger partial charge is 0.444 e. The van der Waals surface area contributed by atoms with E-state index in [-0.39, 0.29) is 12.1 Å². The zero-order chi connectivity index (χ0) is 12.5. The molecule has 0 aromatic carbocycles. The van der Waals surface area contributed by atoms with E-state index < -0.39 is 5.60 Å². The summed E-state index contributed by atoms with van der Waals surface area (Å²) in [6.45, 7) is 7.00. The van der Waals surface area contributed by atoms with E-state index in [1.807, 2.05) is 25.3 Å². The molecule has 1 saturated heterocycles. The van der Waals surface area contributed by atoms with Gasteiger partial charge in [-0.3, -0.25) is 0 Å². The molecule has 1 aliphatic rings. The van der Waals surface area contributed by atoms with Crippen LogP contribution in [0.3, 0.4) is 0 Å². The summed E-state index contributed by atoms with van der Waals surface area (Å²) in [5.41, 5.74) is -0.439. The minimum atomic E-state index is -0.439. The van der Waals surface area contributed by atoms with Crippen LogP contribution >= 0.6 is 0 Å². The van der Waals surface area contributed by atoms with Gasteiger partial charge in [-0.1, -0.05) is 0 Å². The molecule has 2 heterocycles. The lowest BCUT2D eigenvalue weighted by Gasteiger charge is -2.24. The summed E-state index contributed by atoms with van der Waals surface area (Å²) < 4.78 is 7.27. The van der Waals surface area contributed by atoms with Crippen LogP contribution in [0.5, 0.6) is 0 Å². The third-order valence-corrected chi connectivity index (χ3v) is 2.67. The molecule has 1 fully saturated rings. The second kappa shape index (κ2) is 4.35. The van der Waals surface area contributed by atoms with E-state index in [0.717, 1.165) is 13.0 Å². The van der Waals surface area contributed by atoms with Crippen LogP contribution in [0.25, 0.3) is 0 Å². The quantitative estimate of drug-likeness (QED) is 0.743. The highest BCUT2D eigenvalue weighted by atomic mass is 16.6. The van der Waals surface area contributed by atoms with Gasteiger partial charge >= 0.3 is 6.09 Å². The van der Waals surface area contributed by atoms with Crippen LogP contribution in [0.2, 0.25) is 0 Å². The first-order valence-corrected chi connectivity index (χ1v) is 5.78. The average molecular weight is 238 g/mol. The van der Waals surface area contributed by atoms with Crippen LogP contribution in [0.15, 0.2) is 12.7 Å². The Labute approximate surface area is 101 Å². The second-order valence-corrected chi connectivity index (χ2v) is 5.28. The number of likely N-dealkylation sites (tertiary alicyclic amines) is 1. The van der Waals surface area contributed by atoms with Crippen molar-refractivity contribution in [3.63, 3.8) is 0 Å². The monoisotopic (exact) mass is 238 g/mol. The highest BCUT2D eigenvalue weighted by molar-refractivity contribution is 5.68. The molecule has 6 nitrogen and oxygen atoms in total. The normalized spacial score (nSPS) is 20.6. The Bertz CT molecular complexity index is 383. The van der Waals surface area contributed by atoms with Crippen molar-refractivity contribution < 1.29 is 9.53 Å². The predicted molar refractivity (Wildman–Crippen MR) is 61.5 cm³/mol. The van der Waals surface area contributed by atoms with Crippen molar-refractivity contribution in [1.29, 1.82) is 0 Å². The molecule has 6 heteroatoms. The molecule has 1 atom stereocenters. The van der Waals surface area contributed by atoms with Crippen molar-refractivity contribution in [2.75, 3.05) is 13.1 Å². The first-order valence-electron chi connectivity index (χ1n) is 5.78. The van der Waals surface area contributed by atoms with E-state index in [9.17, 15) is 4.79 Å². The van der Waals surface area contributed by atoms with Gasteiger partial charge in [0.2, 0.25) is 0 Å². The standard InChI is InChI=1S/C11H18N4O2/c1-11(2,3)17-10(16)14-5-4-9(6-14)15-7-12-13-8-15/h7-9H,4-6H2,1-3H3. The zero-order valence-corrected chi connectivity index (χ0v) is 10.5. The van der Waals surface area contributed by atoms with E-state index in [0.29, 0.717) is 6.54 Å². The van der Waals surface area contributed by atoms with Crippen LogP contribution in [0, 0.1) is 0 Å². The molecule has 1 aromatic rings. The predicted octanol–water partition coefficient (Wildman–Crippen LogP) is 1.46. The van der Waals surface area contributed by atoms with Crippen LogP contribution in [-0.4, -0.2) is 44.4 Å². The molecule has 0 saturated carbocycles. The molecule has 94 valence electrons. The van der Waals surface area contributed by atoms with Crippen LogP contribution in [0.1, 0.15) is 33.2 Å². The third kappa shape index (κ3) is 2.95. The number of carbonyl (C=O) groups is 1. The molecule has 1 aromatic heterocycles. The fourth-order valence-corrected chi connectivity index (χ4v) is 1.87. The average Bonchev–Trinajstić information content (AvgIpc) is 2.86. The second-order valence-electron chi connectivity index (χ2n) is 5.28. The Morgan fingerprint density at radius 2 is 2.00 bits per heavy atom. The first kappa shape index (κ1) is 11.9. The summed E-state index contributed by atoms with van der Waals surface area (Å²) in [4.78, 5) is 13.6. The van der Waals surface area contributed by atoms with Gasteiger partial charge in [-0.2, -0.15) is 0 Å². The van der Waals surface area contributed by atoms with Crippen molar-refractivity contribution in [3.8, 4) is 0 Å². The Morgan fingerprint density at radius 1 is 1.35 bits per heavy atom. The molecular weight excluding hydrogens is 220 g/mol. The zero-order valence-electron chi connectivity index (χ0n) is 10.5. The maximum atomic E-state index is 11.8. The Hall–Kier alpha value is -1.59. The summed E-state index contributed by atoms with van der Waals surface area (Å²) in [5.74, 6) is 0. The summed E-state index contributed by atoms with van der Waals surface area (Å²) >= 11 is 0. The fraction of sp³-hybridized carbons (Fsp3) is 0.727. The van der Waals surface area contributed by atoms with Crippen LogP contribution < -0.4 is 0 Å². The summed E-state index contributed by atoms with van der Waals surface area (Å²) in [6.07, 6.45) is 4.04. The van der Waals surface area contributed by atoms with Crippen molar-refractivity contribution in [1.82, 2.24) is 19.7 Å². The Morgan fingerprint density at radius 3 is 2.59 bits per heavy atom. The number of aromatic nitrogens is 3. The maximum Gasteiger partial charge on any atom is 0.410 e. The lowest BCUT2D eigenvalue weighted by atomic mass is 10.2. The number of nitrogens with zero attached hydrogens (tertiary/aromatic N) is 4. The van der Waals surface area contributed by atoms with E-state index in [4.69, 9.17) is 4.74 Å². The van der Waals surface area contributed by atoms with Crippen molar-refractivity contribution in [2.45, 2.75) is 38.8 Å². The van der Waals surface area contributed by atoms with Gasteiger partial charge in [0.05, 0.1) is 6.04 Å².